The quantitative estimate of drug-likeness (QED) is 0.544. The molecule has 3 N–H and O–H groups in total. The van der Waals surface area contributed by atoms with Gasteiger partial charge in [0.25, 0.3) is 5.91 Å². The Balaban J connectivity index is 1.93. The van der Waals surface area contributed by atoms with Crippen molar-refractivity contribution in [2.75, 3.05) is 5.32 Å². The van der Waals surface area contributed by atoms with Gasteiger partial charge in [-0.15, -0.1) is 0 Å². The summed E-state index contributed by atoms with van der Waals surface area (Å²) in [5.41, 5.74) is 3.32. The minimum atomic E-state index is -0.557. The van der Waals surface area contributed by atoms with Crippen LogP contribution in [0.1, 0.15) is 62.0 Å². The summed E-state index contributed by atoms with van der Waals surface area (Å²) in [7, 11) is 0. The number of hydrogen-bond acceptors (Lipinski definition) is 3. The van der Waals surface area contributed by atoms with Crippen LogP contribution >= 0.6 is 0 Å². The first kappa shape index (κ1) is 20.5. The molecule has 0 aliphatic heterocycles. The second-order valence-corrected chi connectivity index (χ2v) is 8.58. The lowest BCUT2D eigenvalue weighted by molar-refractivity contribution is 0.102. The molecule has 0 aliphatic rings. The van der Waals surface area contributed by atoms with Gasteiger partial charge >= 0.3 is 0 Å². The van der Waals surface area contributed by atoms with E-state index in [9.17, 15) is 15.0 Å². The molecule has 3 rings (SSSR count). The molecule has 0 bridgehead atoms. The molecule has 0 aliphatic carbocycles. The van der Waals surface area contributed by atoms with Crippen molar-refractivity contribution in [1.29, 1.82) is 0 Å². The number of amides is 1. The fraction of sp³-hybridized carbons (Fsp3) is 0.292. The van der Waals surface area contributed by atoms with Gasteiger partial charge in [-0.05, 0) is 40.7 Å². The molecule has 3 aromatic rings. The molecule has 1 amide bonds. The minimum Gasteiger partial charge on any atom is -0.505 e. The second-order valence-electron chi connectivity index (χ2n) is 8.58. The number of carbonyl (C=O) groups is 1. The van der Waals surface area contributed by atoms with Crippen LogP contribution in [0.2, 0.25) is 0 Å². The fourth-order valence-electron chi connectivity index (χ4n) is 3.32. The number of carbonyl (C=O) groups excluding carboxylic acids is 1. The molecule has 5 heteroatoms. The van der Waals surface area contributed by atoms with Crippen LogP contribution in [-0.2, 0) is 5.41 Å². The van der Waals surface area contributed by atoms with Gasteiger partial charge in [-0.3, -0.25) is 9.36 Å². The number of benzene rings is 2. The maximum Gasteiger partial charge on any atom is 0.264 e. The average Bonchev–Trinajstić information content (AvgIpc) is 2.95. The number of nitrogens with one attached hydrogen (secondary N) is 1. The van der Waals surface area contributed by atoms with Crippen molar-refractivity contribution >= 4 is 11.6 Å². The predicted octanol–water partition coefficient (Wildman–Crippen LogP) is 5.56. The van der Waals surface area contributed by atoms with Crippen molar-refractivity contribution in [3.05, 3.63) is 71.4 Å². The van der Waals surface area contributed by atoms with Gasteiger partial charge in [-0.2, -0.15) is 0 Å². The average molecular weight is 392 g/mol. The van der Waals surface area contributed by atoms with E-state index in [0.717, 1.165) is 11.1 Å². The van der Waals surface area contributed by atoms with Gasteiger partial charge in [0, 0.05) is 11.4 Å². The van der Waals surface area contributed by atoms with Crippen LogP contribution in [0.15, 0.2) is 54.7 Å². The molecule has 0 fully saturated rings. The highest BCUT2D eigenvalue weighted by atomic mass is 16.3. The third-order valence-electron chi connectivity index (χ3n) is 5.03. The molecule has 1 heterocycles. The molecule has 0 saturated heterocycles. The van der Waals surface area contributed by atoms with Gasteiger partial charge < -0.3 is 15.5 Å². The molecule has 0 unspecified atom stereocenters. The summed E-state index contributed by atoms with van der Waals surface area (Å²) in [4.78, 5) is 12.8. The summed E-state index contributed by atoms with van der Waals surface area (Å²) in [6, 6.07) is 15.2. The lowest BCUT2D eigenvalue weighted by Crippen LogP contribution is -2.13. The lowest BCUT2D eigenvalue weighted by atomic mass is 9.87. The molecule has 0 radical (unpaired) electrons. The van der Waals surface area contributed by atoms with E-state index in [1.807, 2.05) is 62.4 Å². The van der Waals surface area contributed by atoms with Gasteiger partial charge in [-0.1, -0.05) is 65.0 Å². The van der Waals surface area contributed by atoms with Gasteiger partial charge in [0.05, 0.1) is 6.20 Å². The molecule has 2 aromatic carbocycles. The Bertz CT molecular complexity index is 1030. The van der Waals surface area contributed by atoms with Gasteiger partial charge in [0.15, 0.2) is 0 Å². The third kappa shape index (κ3) is 4.14. The summed E-state index contributed by atoms with van der Waals surface area (Å²) in [6.07, 6.45) is 1.35. The van der Waals surface area contributed by atoms with E-state index < -0.39 is 5.91 Å². The summed E-state index contributed by atoms with van der Waals surface area (Å²) in [5.74, 6) is -0.912. The number of para-hydroxylation sites is 1. The number of rotatable bonds is 4. The molecule has 0 spiro atoms. The van der Waals surface area contributed by atoms with E-state index in [4.69, 9.17) is 0 Å². The van der Waals surface area contributed by atoms with Gasteiger partial charge in [0.2, 0.25) is 5.88 Å². The Labute approximate surface area is 171 Å². The molecule has 29 heavy (non-hydrogen) atoms. The maximum absolute atomic E-state index is 12.8. The first-order valence-electron chi connectivity index (χ1n) is 9.74. The smallest absolute Gasteiger partial charge is 0.264 e. The van der Waals surface area contributed by atoms with Crippen LogP contribution in [0, 0.1) is 0 Å². The number of hydrogen-bond donors (Lipinski definition) is 3. The highest BCUT2D eigenvalue weighted by molar-refractivity contribution is 6.08. The summed E-state index contributed by atoms with van der Waals surface area (Å²) >= 11 is 0. The SMILES string of the molecule is CC(C)c1ccccc1NC(=O)c1c(O)cn(-c2ccc(C(C)(C)C)cc2)c1O. The van der Waals surface area contributed by atoms with Gasteiger partial charge in [-0.25, -0.2) is 0 Å². The molecule has 152 valence electrons. The predicted molar refractivity (Wildman–Crippen MR) is 116 cm³/mol. The zero-order valence-electron chi connectivity index (χ0n) is 17.5. The largest absolute Gasteiger partial charge is 0.505 e. The fourth-order valence-corrected chi connectivity index (χ4v) is 3.32. The van der Waals surface area contributed by atoms with Crippen LogP contribution in [0.5, 0.6) is 11.6 Å². The van der Waals surface area contributed by atoms with Crippen LogP contribution in [-0.4, -0.2) is 20.7 Å². The zero-order chi connectivity index (χ0) is 21.3. The van der Waals surface area contributed by atoms with Crippen LogP contribution < -0.4 is 5.32 Å². The molecule has 5 nitrogen and oxygen atoms in total. The van der Waals surface area contributed by atoms with E-state index >= 15 is 0 Å². The molecular formula is C24H28N2O3. The highest BCUT2D eigenvalue weighted by Gasteiger charge is 2.24. The van der Waals surface area contributed by atoms with E-state index in [2.05, 4.69) is 26.1 Å². The summed E-state index contributed by atoms with van der Waals surface area (Å²) in [6.45, 7) is 10.4. The van der Waals surface area contributed by atoms with Crippen molar-refractivity contribution in [2.24, 2.45) is 0 Å². The van der Waals surface area contributed by atoms with Gasteiger partial charge in [0.1, 0.15) is 11.3 Å². The van der Waals surface area contributed by atoms with Crippen molar-refractivity contribution in [3.63, 3.8) is 0 Å². The standard InChI is InChI=1S/C24H28N2O3/c1-15(2)18-8-6-7-9-19(18)25-22(28)21-20(27)14-26(23(21)29)17-12-10-16(11-13-17)24(3,4)5/h6-15,27,29H,1-5H3,(H,25,28). The number of aromatic hydroxyl groups is 2. The Morgan fingerprint density at radius 2 is 1.62 bits per heavy atom. The third-order valence-corrected chi connectivity index (χ3v) is 5.03. The van der Waals surface area contributed by atoms with Crippen molar-refractivity contribution in [3.8, 4) is 17.3 Å². The Morgan fingerprint density at radius 1 is 1.00 bits per heavy atom. The number of anilines is 1. The van der Waals surface area contributed by atoms with E-state index in [0.29, 0.717) is 11.4 Å². The topological polar surface area (TPSA) is 74.5 Å². The highest BCUT2D eigenvalue weighted by Crippen LogP contribution is 2.34. The van der Waals surface area contributed by atoms with Crippen molar-refractivity contribution in [2.45, 2.75) is 46.0 Å². The lowest BCUT2D eigenvalue weighted by Gasteiger charge is -2.19. The Hall–Kier alpha value is -3.21. The summed E-state index contributed by atoms with van der Waals surface area (Å²) < 4.78 is 1.41. The molecular weight excluding hydrogens is 364 g/mol. The maximum atomic E-state index is 12.8. The van der Waals surface area contributed by atoms with E-state index in [1.54, 1.807) is 0 Å². The molecule has 0 atom stereocenters. The first-order chi connectivity index (χ1) is 13.6. The normalized spacial score (nSPS) is 11.7. The van der Waals surface area contributed by atoms with Crippen LogP contribution in [0.3, 0.4) is 0 Å². The first-order valence-corrected chi connectivity index (χ1v) is 9.74. The Morgan fingerprint density at radius 3 is 2.21 bits per heavy atom. The zero-order valence-corrected chi connectivity index (χ0v) is 17.5. The van der Waals surface area contributed by atoms with Crippen molar-refractivity contribution < 1.29 is 15.0 Å². The van der Waals surface area contributed by atoms with E-state index in [1.165, 1.54) is 10.8 Å². The minimum absolute atomic E-state index is 0.00819. The summed E-state index contributed by atoms with van der Waals surface area (Å²) in [5, 5.41) is 23.8. The molecule has 0 saturated carbocycles. The van der Waals surface area contributed by atoms with E-state index in [-0.39, 0.29) is 28.5 Å². The van der Waals surface area contributed by atoms with Crippen LogP contribution in [0.4, 0.5) is 5.69 Å². The molecule has 1 aromatic heterocycles. The second kappa shape index (κ2) is 7.66. The number of nitrogens with zero attached hydrogens (tertiary/aromatic N) is 1. The number of aromatic nitrogens is 1. The Kier molecular flexibility index (Phi) is 5.42. The van der Waals surface area contributed by atoms with Crippen molar-refractivity contribution in [1.82, 2.24) is 4.57 Å². The van der Waals surface area contributed by atoms with Crippen LogP contribution in [0.25, 0.3) is 5.69 Å². The monoisotopic (exact) mass is 392 g/mol.